The fourth-order valence-electron chi connectivity index (χ4n) is 3.42. The second-order valence-electron chi connectivity index (χ2n) is 7.34. The first-order chi connectivity index (χ1) is 14.1. The van der Waals surface area contributed by atoms with Gasteiger partial charge in [-0.3, -0.25) is 4.79 Å². The summed E-state index contributed by atoms with van der Waals surface area (Å²) in [6, 6.07) is 8.53. The Balaban J connectivity index is 1.30. The number of carbonyl (C=O) groups excluding carboxylic acids is 1. The van der Waals surface area contributed by atoms with Crippen LogP contribution in [0.1, 0.15) is 50.1 Å². The number of carbonyl (C=O) groups is 1. The molecule has 0 spiro atoms. The topological polar surface area (TPSA) is 71.0 Å². The van der Waals surface area contributed by atoms with Crippen molar-refractivity contribution in [3.63, 3.8) is 0 Å². The number of thioether (sulfide) groups is 1. The average Bonchev–Trinajstić information content (AvgIpc) is 3.38. The first-order valence-electron chi connectivity index (χ1n) is 9.94. The number of aromatic nitrogens is 3. The Hall–Kier alpha value is -1.71. The van der Waals surface area contributed by atoms with E-state index in [1.54, 1.807) is 16.2 Å². The zero-order valence-electron chi connectivity index (χ0n) is 16.6. The van der Waals surface area contributed by atoms with Crippen LogP contribution < -0.4 is 5.32 Å². The van der Waals surface area contributed by atoms with Crippen molar-refractivity contribution in [2.45, 2.75) is 55.5 Å². The quantitative estimate of drug-likeness (QED) is 0.502. The molecule has 4 rings (SSSR count). The predicted molar refractivity (Wildman–Crippen MR) is 122 cm³/mol. The third kappa shape index (κ3) is 5.07. The summed E-state index contributed by atoms with van der Waals surface area (Å²) < 4.78 is 1.98. The van der Waals surface area contributed by atoms with Crippen molar-refractivity contribution >= 4 is 55.7 Å². The fourth-order valence-corrected chi connectivity index (χ4v) is 6.24. The van der Waals surface area contributed by atoms with Crippen LogP contribution in [0, 0.1) is 0 Å². The Bertz CT molecular complexity index is 933. The number of thiazole rings is 1. The van der Waals surface area contributed by atoms with Gasteiger partial charge in [0.15, 0.2) is 4.34 Å². The lowest BCUT2D eigenvalue weighted by Crippen LogP contribution is -2.31. The van der Waals surface area contributed by atoms with E-state index in [1.165, 1.54) is 55.2 Å². The zero-order valence-corrected chi connectivity index (χ0v) is 19.1. The average molecular weight is 448 g/mol. The molecule has 0 bridgehead atoms. The summed E-state index contributed by atoms with van der Waals surface area (Å²) in [6.45, 7) is 2.03. The molecular weight excluding hydrogens is 422 g/mol. The minimum atomic E-state index is -0.0570. The zero-order chi connectivity index (χ0) is 20.2. The summed E-state index contributed by atoms with van der Waals surface area (Å²) in [5, 5.41) is 13.8. The largest absolute Gasteiger partial charge is 0.357 e. The SMILES string of the molecule is C[C@@H](c1nc2ccccc2s1)N(C)C(=O)CSc1nnc(NC2CCCCC2)s1. The van der Waals surface area contributed by atoms with Crippen LogP contribution in [0.4, 0.5) is 5.13 Å². The van der Waals surface area contributed by atoms with Gasteiger partial charge in [-0.15, -0.1) is 21.5 Å². The number of para-hydroxylation sites is 1. The molecule has 29 heavy (non-hydrogen) atoms. The minimum absolute atomic E-state index is 0.0570. The second kappa shape index (κ2) is 9.40. The number of benzene rings is 1. The predicted octanol–water partition coefficient (Wildman–Crippen LogP) is 5.20. The van der Waals surface area contributed by atoms with Crippen LogP contribution in [0.25, 0.3) is 10.2 Å². The molecule has 1 fully saturated rings. The number of amides is 1. The number of fused-ring (bicyclic) bond motifs is 1. The summed E-state index contributed by atoms with van der Waals surface area (Å²) >= 11 is 4.64. The van der Waals surface area contributed by atoms with E-state index in [4.69, 9.17) is 0 Å². The summed E-state index contributed by atoms with van der Waals surface area (Å²) in [4.78, 5) is 19.1. The van der Waals surface area contributed by atoms with Crippen LogP contribution in [-0.2, 0) is 4.79 Å². The van der Waals surface area contributed by atoms with Gasteiger partial charge in [0.05, 0.1) is 22.0 Å². The third-order valence-corrected chi connectivity index (χ3v) is 8.48. The first-order valence-corrected chi connectivity index (χ1v) is 12.6. The molecule has 0 saturated heterocycles. The number of anilines is 1. The van der Waals surface area contributed by atoms with Crippen molar-refractivity contribution in [2.24, 2.45) is 0 Å². The summed E-state index contributed by atoms with van der Waals surface area (Å²) in [5.74, 6) is 0.419. The van der Waals surface area contributed by atoms with Gasteiger partial charge >= 0.3 is 0 Å². The molecule has 3 aromatic rings. The van der Waals surface area contributed by atoms with Gasteiger partial charge in [-0.1, -0.05) is 54.5 Å². The summed E-state index contributed by atoms with van der Waals surface area (Å²) in [5.41, 5.74) is 0.987. The maximum Gasteiger partial charge on any atom is 0.233 e. The van der Waals surface area contributed by atoms with E-state index in [0.29, 0.717) is 11.8 Å². The molecule has 2 heterocycles. The molecule has 0 aliphatic heterocycles. The van der Waals surface area contributed by atoms with Crippen LogP contribution in [0.5, 0.6) is 0 Å². The fraction of sp³-hybridized carbons (Fsp3) is 0.500. The van der Waals surface area contributed by atoms with E-state index in [0.717, 1.165) is 24.7 Å². The monoisotopic (exact) mass is 447 g/mol. The molecule has 9 heteroatoms. The van der Waals surface area contributed by atoms with Gasteiger partial charge in [-0.05, 0) is 31.9 Å². The molecule has 1 aliphatic rings. The Morgan fingerprint density at radius 3 is 2.83 bits per heavy atom. The molecule has 1 aliphatic carbocycles. The van der Waals surface area contributed by atoms with Gasteiger partial charge < -0.3 is 10.2 Å². The first kappa shape index (κ1) is 20.6. The smallest absolute Gasteiger partial charge is 0.233 e. The van der Waals surface area contributed by atoms with Crippen molar-refractivity contribution in [1.82, 2.24) is 20.1 Å². The molecule has 1 aromatic carbocycles. The van der Waals surface area contributed by atoms with Crippen molar-refractivity contribution in [2.75, 3.05) is 18.1 Å². The number of hydrogen-bond acceptors (Lipinski definition) is 8. The lowest BCUT2D eigenvalue weighted by Gasteiger charge is -2.22. The number of nitrogens with one attached hydrogen (secondary N) is 1. The van der Waals surface area contributed by atoms with E-state index in [1.807, 2.05) is 32.2 Å². The number of rotatable bonds is 7. The van der Waals surface area contributed by atoms with E-state index in [2.05, 4.69) is 26.6 Å². The Kier molecular flexibility index (Phi) is 6.67. The molecule has 154 valence electrons. The normalized spacial score (nSPS) is 16.1. The van der Waals surface area contributed by atoms with E-state index in [9.17, 15) is 4.79 Å². The Morgan fingerprint density at radius 2 is 2.03 bits per heavy atom. The lowest BCUT2D eigenvalue weighted by molar-refractivity contribution is -0.128. The maximum absolute atomic E-state index is 12.7. The van der Waals surface area contributed by atoms with Crippen LogP contribution in [0.2, 0.25) is 0 Å². The van der Waals surface area contributed by atoms with E-state index >= 15 is 0 Å². The number of hydrogen-bond donors (Lipinski definition) is 1. The van der Waals surface area contributed by atoms with Crippen molar-refractivity contribution in [3.8, 4) is 0 Å². The second-order valence-corrected chi connectivity index (χ2v) is 10.6. The highest BCUT2D eigenvalue weighted by atomic mass is 32.2. The van der Waals surface area contributed by atoms with Crippen LogP contribution >= 0.6 is 34.4 Å². The van der Waals surface area contributed by atoms with Gasteiger partial charge in [0.2, 0.25) is 11.0 Å². The summed E-state index contributed by atoms with van der Waals surface area (Å²) in [7, 11) is 1.84. The third-order valence-electron chi connectivity index (χ3n) is 5.30. The van der Waals surface area contributed by atoms with Crippen molar-refractivity contribution in [1.29, 1.82) is 0 Å². The highest BCUT2D eigenvalue weighted by molar-refractivity contribution is 8.01. The molecule has 1 amide bonds. The van der Waals surface area contributed by atoms with Gasteiger partial charge in [0.1, 0.15) is 5.01 Å². The summed E-state index contributed by atoms with van der Waals surface area (Å²) in [6.07, 6.45) is 6.31. The van der Waals surface area contributed by atoms with E-state index in [-0.39, 0.29) is 11.9 Å². The van der Waals surface area contributed by atoms with Crippen LogP contribution in [-0.4, -0.2) is 44.8 Å². The van der Waals surface area contributed by atoms with Crippen molar-refractivity contribution < 1.29 is 4.79 Å². The maximum atomic E-state index is 12.7. The van der Waals surface area contributed by atoms with Crippen molar-refractivity contribution in [3.05, 3.63) is 29.3 Å². The minimum Gasteiger partial charge on any atom is -0.357 e. The Morgan fingerprint density at radius 1 is 1.24 bits per heavy atom. The highest BCUT2D eigenvalue weighted by Crippen LogP contribution is 2.31. The molecule has 0 unspecified atom stereocenters. The van der Waals surface area contributed by atoms with Gasteiger partial charge in [0.25, 0.3) is 0 Å². The highest BCUT2D eigenvalue weighted by Gasteiger charge is 2.21. The van der Waals surface area contributed by atoms with Crippen LogP contribution in [0.15, 0.2) is 28.6 Å². The van der Waals surface area contributed by atoms with Gasteiger partial charge in [-0.2, -0.15) is 0 Å². The number of nitrogens with zero attached hydrogens (tertiary/aromatic N) is 4. The Labute approximate surface area is 183 Å². The molecular formula is C20H25N5OS3. The molecule has 2 aromatic heterocycles. The molecule has 0 radical (unpaired) electrons. The molecule has 1 atom stereocenters. The molecule has 1 N–H and O–H groups in total. The lowest BCUT2D eigenvalue weighted by atomic mass is 9.96. The molecule has 1 saturated carbocycles. The van der Waals surface area contributed by atoms with E-state index < -0.39 is 0 Å². The van der Waals surface area contributed by atoms with Crippen LogP contribution in [0.3, 0.4) is 0 Å². The molecule has 6 nitrogen and oxygen atoms in total. The van der Waals surface area contributed by atoms with Gasteiger partial charge in [-0.25, -0.2) is 4.98 Å². The van der Waals surface area contributed by atoms with Gasteiger partial charge in [0, 0.05) is 13.1 Å². The standard InChI is InChI=1S/C20H25N5OS3/c1-13(18-22-15-10-6-7-11-16(15)28-18)25(2)17(26)12-27-20-24-23-19(29-20)21-14-8-4-3-5-9-14/h6-7,10-11,13-14H,3-5,8-9,12H2,1-2H3,(H,21,23)/t13-/m0/s1.